The molecule has 2 saturated heterocycles. The van der Waals surface area contributed by atoms with Crippen LogP contribution < -0.4 is 31.9 Å². The first-order valence-corrected chi connectivity index (χ1v) is 26.3. The molecule has 0 radical (unpaired) electrons. The molecule has 76 heavy (non-hydrogen) atoms. The van der Waals surface area contributed by atoms with E-state index in [1.54, 1.807) is 65.0 Å². The first-order valence-electron chi connectivity index (χ1n) is 24.7. The molecule has 0 bridgehead atoms. The summed E-state index contributed by atoms with van der Waals surface area (Å²) in [5.41, 5.74) is -0.977. The summed E-state index contributed by atoms with van der Waals surface area (Å²) in [7, 11) is 2.68. The third-order valence-corrected chi connectivity index (χ3v) is 14.1. The Morgan fingerprint density at radius 2 is 1.05 bits per heavy atom. The number of carbonyl (C=O) groups is 8. The first kappa shape index (κ1) is 58.9. The van der Waals surface area contributed by atoms with Gasteiger partial charge in [-0.25, -0.2) is 9.97 Å². The highest BCUT2D eigenvalue weighted by Crippen LogP contribution is 2.35. The Kier molecular flexibility index (Phi) is 21.4. The van der Waals surface area contributed by atoms with Crippen molar-refractivity contribution in [2.75, 3.05) is 60.5 Å². The molecule has 2 aromatic heterocycles. The Bertz CT molecular complexity index is 2640. The Hall–Kier alpha value is -6.38. The minimum atomic E-state index is -1.44. The molecular formula is C52H66N8O14S2. The first-order chi connectivity index (χ1) is 36.4. The molecular weight excluding hydrogens is 1020 g/mol. The number of nitrogens with one attached hydrogen (secondary N) is 6. The molecule has 22 nitrogen and oxygen atoms in total. The zero-order chi connectivity index (χ0) is 55.0. The number of methoxy groups -OCH3 is 2. The van der Waals surface area contributed by atoms with Gasteiger partial charge in [0.2, 0.25) is 23.6 Å². The lowest BCUT2D eigenvalue weighted by Gasteiger charge is -2.26. The van der Waals surface area contributed by atoms with E-state index in [1.807, 2.05) is 30.3 Å². The van der Waals surface area contributed by atoms with Gasteiger partial charge in [-0.05, 0) is 58.6 Å². The fraction of sp³-hybridized carbons (Fsp3) is 0.500. The number of amides is 6. The third kappa shape index (κ3) is 16.8. The summed E-state index contributed by atoms with van der Waals surface area (Å²) in [5, 5.41) is 17.2. The zero-order valence-electron chi connectivity index (χ0n) is 43.5. The maximum Gasteiger partial charge on any atom is 0.263 e. The van der Waals surface area contributed by atoms with E-state index in [-0.39, 0.29) is 87.2 Å². The largest absolute Gasteiger partial charge is 0.382 e. The van der Waals surface area contributed by atoms with E-state index in [2.05, 4.69) is 41.9 Å². The van der Waals surface area contributed by atoms with E-state index in [1.165, 1.54) is 26.6 Å². The topological polar surface area (TPSA) is 296 Å². The van der Waals surface area contributed by atoms with Gasteiger partial charge in [-0.3, -0.25) is 38.4 Å². The van der Waals surface area contributed by atoms with Crippen LogP contribution in [0.3, 0.4) is 0 Å². The molecule has 6 N–H and O–H groups in total. The van der Waals surface area contributed by atoms with E-state index in [4.69, 9.17) is 28.4 Å². The SMILES string of the molecule is CCOC[C@H](NC(=O)[C@H](COC)NC(=O)c1cnc(C[C@]2(C(=O)[C@H](Cc3ccccc3)NC(=O)[C@H](COC)NC(=O)[C@H](COC(C)C)NC(=O)c3cnc(C)s3)CO2)s1)C(=O)N[C@@H](Cc1ccccc1)C(=O)[C@@]1(C)CO1. The molecule has 2 fully saturated rings. The normalized spacial score (nSPS) is 18.9. The van der Waals surface area contributed by atoms with Crippen LogP contribution in [0.5, 0.6) is 0 Å². The third-order valence-electron chi connectivity index (χ3n) is 12.2. The van der Waals surface area contributed by atoms with Gasteiger partial charge in [-0.1, -0.05) is 60.7 Å². The van der Waals surface area contributed by atoms with Crippen LogP contribution in [0.15, 0.2) is 73.1 Å². The van der Waals surface area contributed by atoms with Crippen LogP contribution in [-0.4, -0.2) is 171 Å². The number of ether oxygens (including phenoxy) is 6. The van der Waals surface area contributed by atoms with Crippen molar-refractivity contribution in [3.63, 3.8) is 0 Å². The van der Waals surface area contributed by atoms with Crippen LogP contribution in [0.25, 0.3) is 0 Å². The highest BCUT2D eigenvalue weighted by molar-refractivity contribution is 7.13. The van der Waals surface area contributed by atoms with Gasteiger partial charge in [0, 0.05) is 27.2 Å². The molecule has 8 atom stereocenters. The lowest BCUT2D eigenvalue weighted by molar-refractivity contribution is -0.135. The van der Waals surface area contributed by atoms with Crippen molar-refractivity contribution < 1.29 is 66.8 Å². The molecule has 0 saturated carbocycles. The van der Waals surface area contributed by atoms with Crippen molar-refractivity contribution >= 4 is 69.7 Å². The van der Waals surface area contributed by atoms with Crippen LogP contribution in [0.1, 0.15) is 68.2 Å². The predicted octanol–water partition coefficient (Wildman–Crippen LogP) is 1.22. The smallest absolute Gasteiger partial charge is 0.263 e. The maximum atomic E-state index is 14.6. The number of epoxide rings is 2. The fourth-order valence-corrected chi connectivity index (χ4v) is 9.42. The molecule has 410 valence electrons. The van der Waals surface area contributed by atoms with Gasteiger partial charge in [0.05, 0.1) is 80.2 Å². The second-order valence-corrected chi connectivity index (χ2v) is 21.0. The lowest BCUT2D eigenvalue weighted by atomic mass is 9.91. The summed E-state index contributed by atoms with van der Waals surface area (Å²) in [4.78, 5) is 119. The number of hydrogen-bond donors (Lipinski definition) is 6. The Balaban J connectivity index is 1.12. The van der Waals surface area contributed by atoms with Crippen LogP contribution in [0.2, 0.25) is 0 Å². The Morgan fingerprint density at radius 1 is 0.605 bits per heavy atom. The van der Waals surface area contributed by atoms with Gasteiger partial charge >= 0.3 is 0 Å². The number of aryl methyl sites for hydroxylation is 1. The van der Waals surface area contributed by atoms with Gasteiger partial charge in [0.25, 0.3) is 11.8 Å². The summed E-state index contributed by atoms with van der Waals surface area (Å²) in [6.07, 6.45) is 2.55. The molecule has 0 aliphatic carbocycles. The Labute approximate surface area is 448 Å². The van der Waals surface area contributed by atoms with Crippen LogP contribution >= 0.6 is 22.7 Å². The molecule has 6 amide bonds. The van der Waals surface area contributed by atoms with Gasteiger partial charge in [-0.2, -0.15) is 0 Å². The summed E-state index contributed by atoms with van der Waals surface area (Å²) >= 11 is 2.10. The summed E-state index contributed by atoms with van der Waals surface area (Å²) in [5.74, 6) is -5.00. The standard InChI is InChI=1S/C52H66N8O14S2/c1-8-71-26-38(47(65)55-34(43(61)51(5)28-73-51)19-32-15-11-9-12-16-32)58-46(64)37(25-70-7)59-50(68)41-23-54-42(76-41)21-52(29-74-52)44(62)35(20-33-17-13-10-14-18-33)56-45(63)36(24-69-6)57-48(66)39(27-72-30(2)3)60-49(67)40-22-53-31(4)75-40/h9-18,22-23,30,34-39H,8,19-21,24-29H2,1-7H3,(H,55,65)(H,56,63)(H,57,66)(H,58,64)(H,59,68)(H,60,67)/t34-,35-,36-,37-,38-,39-,51+,52+/m0/s1. The minimum absolute atomic E-state index is 0.0241. The van der Waals surface area contributed by atoms with Crippen molar-refractivity contribution in [1.82, 2.24) is 41.9 Å². The molecule has 0 unspecified atom stereocenters. The number of nitrogens with zero attached hydrogens (tertiary/aromatic N) is 2. The van der Waals surface area contributed by atoms with Gasteiger partial charge in [-0.15, -0.1) is 22.7 Å². The maximum absolute atomic E-state index is 14.6. The molecule has 4 aromatic rings. The molecule has 2 aliphatic heterocycles. The zero-order valence-corrected chi connectivity index (χ0v) is 45.1. The molecule has 2 aliphatic rings. The Morgan fingerprint density at radius 3 is 1.50 bits per heavy atom. The number of thiazole rings is 2. The molecule has 2 aromatic carbocycles. The van der Waals surface area contributed by atoms with Gasteiger partial charge < -0.3 is 60.3 Å². The van der Waals surface area contributed by atoms with Crippen LogP contribution in [-0.2, 0) is 76.5 Å². The highest BCUT2D eigenvalue weighted by Gasteiger charge is 2.55. The van der Waals surface area contributed by atoms with E-state index >= 15 is 0 Å². The van der Waals surface area contributed by atoms with Gasteiger partial charge in [0.1, 0.15) is 39.5 Å². The molecule has 24 heteroatoms. The second-order valence-electron chi connectivity index (χ2n) is 18.7. The summed E-state index contributed by atoms with van der Waals surface area (Å²) in [6, 6.07) is 10.8. The number of rotatable bonds is 32. The van der Waals surface area contributed by atoms with Crippen LogP contribution in [0.4, 0.5) is 0 Å². The fourth-order valence-electron chi connectivity index (χ4n) is 7.82. The van der Waals surface area contributed by atoms with Crippen molar-refractivity contribution in [3.8, 4) is 0 Å². The molecule has 4 heterocycles. The van der Waals surface area contributed by atoms with E-state index in [0.29, 0.717) is 15.6 Å². The highest BCUT2D eigenvalue weighted by atomic mass is 32.1. The van der Waals surface area contributed by atoms with Crippen molar-refractivity contribution in [2.24, 2.45) is 0 Å². The average Bonchev–Trinajstić information content (AvgIpc) is 4.26. The van der Waals surface area contributed by atoms with E-state index in [0.717, 1.165) is 28.2 Å². The van der Waals surface area contributed by atoms with Gasteiger partial charge in [0.15, 0.2) is 17.2 Å². The predicted molar refractivity (Wildman–Crippen MR) is 278 cm³/mol. The summed E-state index contributed by atoms with van der Waals surface area (Å²) in [6.45, 7) is 8.02. The minimum Gasteiger partial charge on any atom is -0.382 e. The van der Waals surface area contributed by atoms with Crippen molar-refractivity contribution in [1.29, 1.82) is 0 Å². The number of benzene rings is 2. The van der Waals surface area contributed by atoms with E-state index in [9.17, 15) is 38.4 Å². The average molecular weight is 1090 g/mol. The second kappa shape index (κ2) is 27.6. The number of carbonyl (C=O) groups excluding carboxylic acids is 8. The lowest BCUT2D eigenvalue weighted by Crippen LogP contribution is -2.59. The number of hydrogen-bond acceptors (Lipinski definition) is 18. The number of ketones is 2. The quantitative estimate of drug-likeness (QED) is 0.0375. The molecule has 6 rings (SSSR count). The summed E-state index contributed by atoms with van der Waals surface area (Å²) < 4.78 is 33.1. The number of aromatic nitrogens is 2. The van der Waals surface area contributed by atoms with Crippen molar-refractivity contribution in [2.45, 2.75) is 107 Å². The number of Topliss-reactive ketones (excluding diaryl/α,β-unsaturated/α-hetero) is 2. The molecule has 0 spiro atoms. The monoisotopic (exact) mass is 1090 g/mol. The van der Waals surface area contributed by atoms with E-state index < -0.39 is 88.7 Å². The van der Waals surface area contributed by atoms with Crippen LogP contribution in [0, 0.1) is 6.92 Å². The van der Waals surface area contributed by atoms with Crippen molar-refractivity contribution in [3.05, 3.63) is 104 Å².